The lowest BCUT2D eigenvalue weighted by Gasteiger charge is -2.13. The third kappa shape index (κ3) is 5.82. The fraction of sp³-hybridized carbons (Fsp3) is 0.571. The topological polar surface area (TPSA) is 44.5 Å². The van der Waals surface area contributed by atoms with Gasteiger partial charge in [-0.05, 0) is 25.8 Å². The number of aryl methyl sites for hydroxylation is 2. The first-order valence-corrected chi connectivity index (χ1v) is 6.01. The van der Waals surface area contributed by atoms with Crippen LogP contribution in [0.3, 0.4) is 0 Å². The molecule has 0 bridgehead atoms. The van der Waals surface area contributed by atoms with Crippen LogP contribution in [-0.2, 0) is 15.9 Å². The smallest absolute Gasteiger partial charge is 0.0701 e. The fourth-order valence-corrected chi connectivity index (χ4v) is 1.93. The van der Waals surface area contributed by atoms with Crippen molar-refractivity contribution < 1.29 is 9.47 Å². The van der Waals surface area contributed by atoms with Gasteiger partial charge in [0.1, 0.15) is 0 Å². The first kappa shape index (κ1) is 14.2. The molecule has 2 N–H and O–H groups in total. The summed E-state index contributed by atoms with van der Waals surface area (Å²) < 4.78 is 10.3. The zero-order chi connectivity index (χ0) is 12.7. The van der Waals surface area contributed by atoms with Gasteiger partial charge < -0.3 is 15.2 Å². The first-order chi connectivity index (χ1) is 8.11. The van der Waals surface area contributed by atoms with Gasteiger partial charge in [-0.1, -0.05) is 29.3 Å². The third-order valence-electron chi connectivity index (χ3n) is 2.54. The van der Waals surface area contributed by atoms with Crippen LogP contribution >= 0.6 is 0 Å². The number of nitrogens with two attached hydrogens (primary N) is 1. The normalized spacial score (nSPS) is 12.7. The SMILES string of the molecule is COCCOCC(N)Cc1cc(C)cc(C)c1. The maximum atomic E-state index is 6.02. The molecule has 3 nitrogen and oxygen atoms in total. The van der Waals surface area contributed by atoms with Gasteiger partial charge in [-0.3, -0.25) is 0 Å². The van der Waals surface area contributed by atoms with Crippen molar-refractivity contribution in [3.8, 4) is 0 Å². The Bertz CT molecular complexity index is 319. The number of ether oxygens (including phenoxy) is 2. The van der Waals surface area contributed by atoms with Crippen molar-refractivity contribution >= 4 is 0 Å². The summed E-state index contributed by atoms with van der Waals surface area (Å²) in [7, 11) is 1.67. The van der Waals surface area contributed by atoms with E-state index in [-0.39, 0.29) is 6.04 Å². The van der Waals surface area contributed by atoms with Crippen LogP contribution in [-0.4, -0.2) is 33.0 Å². The highest BCUT2D eigenvalue weighted by molar-refractivity contribution is 5.29. The Hall–Kier alpha value is -0.900. The van der Waals surface area contributed by atoms with E-state index in [0.29, 0.717) is 19.8 Å². The Labute approximate surface area is 104 Å². The number of hydrogen-bond donors (Lipinski definition) is 1. The molecule has 1 rings (SSSR count). The van der Waals surface area contributed by atoms with Crippen LogP contribution in [0.1, 0.15) is 16.7 Å². The summed E-state index contributed by atoms with van der Waals surface area (Å²) in [5, 5.41) is 0. The lowest BCUT2D eigenvalue weighted by atomic mass is 10.0. The summed E-state index contributed by atoms with van der Waals surface area (Å²) in [5.41, 5.74) is 9.87. The van der Waals surface area contributed by atoms with Crippen molar-refractivity contribution in [1.29, 1.82) is 0 Å². The molecule has 0 fully saturated rings. The van der Waals surface area contributed by atoms with E-state index < -0.39 is 0 Å². The van der Waals surface area contributed by atoms with Crippen LogP contribution in [0, 0.1) is 13.8 Å². The van der Waals surface area contributed by atoms with Gasteiger partial charge in [0.15, 0.2) is 0 Å². The predicted octanol–water partition coefficient (Wildman–Crippen LogP) is 1.84. The molecule has 0 spiro atoms. The van der Waals surface area contributed by atoms with Gasteiger partial charge in [0.2, 0.25) is 0 Å². The van der Waals surface area contributed by atoms with Gasteiger partial charge >= 0.3 is 0 Å². The van der Waals surface area contributed by atoms with E-state index in [1.165, 1.54) is 16.7 Å². The molecular weight excluding hydrogens is 214 g/mol. The van der Waals surface area contributed by atoms with E-state index in [1.54, 1.807) is 7.11 Å². The average Bonchev–Trinajstić information content (AvgIpc) is 2.23. The molecule has 0 radical (unpaired) electrons. The molecule has 96 valence electrons. The fourth-order valence-electron chi connectivity index (χ4n) is 1.93. The minimum absolute atomic E-state index is 0.0491. The van der Waals surface area contributed by atoms with E-state index >= 15 is 0 Å². The number of hydrogen-bond acceptors (Lipinski definition) is 3. The Morgan fingerprint density at radius 1 is 1.12 bits per heavy atom. The molecule has 0 saturated heterocycles. The summed E-state index contributed by atoms with van der Waals surface area (Å²) in [6.07, 6.45) is 0.857. The van der Waals surface area contributed by atoms with Gasteiger partial charge in [-0.25, -0.2) is 0 Å². The first-order valence-electron chi connectivity index (χ1n) is 6.01. The van der Waals surface area contributed by atoms with Gasteiger partial charge in [0, 0.05) is 13.2 Å². The van der Waals surface area contributed by atoms with E-state index in [1.807, 2.05) is 0 Å². The molecule has 17 heavy (non-hydrogen) atoms. The molecule has 0 amide bonds. The minimum atomic E-state index is 0.0491. The van der Waals surface area contributed by atoms with Crippen molar-refractivity contribution in [3.63, 3.8) is 0 Å². The highest BCUT2D eigenvalue weighted by atomic mass is 16.5. The summed E-state index contributed by atoms with van der Waals surface area (Å²) in [6, 6.07) is 6.58. The second-order valence-corrected chi connectivity index (χ2v) is 4.53. The van der Waals surface area contributed by atoms with Gasteiger partial charge in [-0.15, -0.1) is 0 Å². The summed E-state index contributed by atoms with van der Waals surface area (Å²) in [4.78, 5) is 0. The van der Waals surface area contributed by atoms with Crippen molar-refractivity contribution in [2.24, 2.45) is 5.73 Å². The van der Waals surface area contributed by atoms with E-state index in [2.05, 4.69) is 32.0 Å². The molecular formula is C14H23NO2. The molecule has 1 aromatic carbocycles. The zero-order valence-electron chi connectivity index (χ0n) is 11.0. The maximum absolute atomic E-state index is 6.02. The lowest BCUT2D eigenvalue weighted by molar-refractivity contribution is 0.0637. The number of methoxy groups -OCH3 is 1. The summed E-state index contributed by atoms with van der Waals surface area (Å²) in [5.74, 6) is 0. The Kier molecular flexibility index (Phi) is 6.19. The number of benzene rings is 1. The molecule has 1 unspecified atom stereocenters. The third-order valence-corrected chi connectivity index (χ3v) is 2.54. The quantitative estimate of drug-likeness (QED) is 0.736. The largest absolute Gasteiger partial charge is 0.382 e. The second kappa shape index (κ2) is 7.43. The van der Waals surface area contributed by atoms with Crippen LogP contribution < -0.4 is 5.73 Å². The molecule has 0 aliphatic rings. The summed E-state index contributed by atoms with van der Waals surface area (Å²) >= 11 is 0. The van der Waals surface area contributed by atoms with Crippen LogP contribution in [0.2, 0.25) is 0 Å². The van der Waals surface area contributed by atoms with Gasteiger partial charge in [0.05, 0.1) is 19.8 Å². The van der Waals surface area contributed by atoms with Gasteiger partial charge in [-0.2, -0.15) is 0 Å². The highest BCUT2D eigenvalue weighted by Crippen LogP contribution is 2.10. The zero-order valence-corrected chi connectivity index (χ0v) is 11.0. The van der Waals surface area contributed by atoms with E-state index in [9.17, 15) is 0 Å². The van der Waals surface area contributed by atoms with Crippen LogP contribution in [0.25, 0.3) is 0 Å². The molecule has 1 atom stereocenters. The van der Waals surface area contributed by atoms with Crippen molar-refractivity contribution in [3.05, 3.63) is 34.9 Å². The highest BCUT2D eigenvalue weighted by Gasteiger charge is 2.05. The molecule has 1 aromatic rings. The average molecular weight is 237 g/mol. The Balaban J connectivity index is 2.36. The molecule has 0 aliphatic carbocycles. The standard InChI is InChI=1S/C14H23NO2/c1-11-6-12(2)8-13(7-11)9-14(15)10-17-5-4-16-3/h6-8,14H,4-5,9-10,15H2,1-3H3. The molecule has 0 aromatic heterocycles. The molecule has 0 aliphatic heterocycles. The predicted molar refractivity (Wildman–Crippen MR) is 70.3 cm³/mol. The van der Waals surface area contributed by atoms with E-state index in [4.69, 9.17) is 15.2 Å². The van der Waals surface area contributed by atoms with Crippen molar-refractivity contribution in [2.75, 3.05) is 26.9 Å². The van der Waals surface area contributed by atoms with Crippen LogP contribution in [0.4, 0.5) is 0 Å². The molecule has 0 heterocycles. The second-order valence-electron chi connectivity index (χ2n) is 4.53. The molecule has 3 heteroatoms. The maximum Gasteiger partial charge on any atom is 0.0701 e. The Morgan fingerprint density at radius 3 is 2.35 bits per heavy atom. The van der Waals surface area contributed by atoms with Gasteiger partial charge in [0.25, 0.3) is 0 Å². The number of rotatable bonds is 7. The monoisotopic (exact) mass is 237 g/mol. The van der Waals surface area contributed by atoms with Crippen molar-refractivity contribution in [1.82, 2.24) is 0 Å². The summed E-state index contributed by atoms with van der Waals surface area (Å²) in [6.45, 7) is 6.03. The van der Waals surface area contributed by atoms with Crippen LogP contribution in [0.5, 0.6) is 0 Å². The Morgan fingerprint density at radius 2 is 1.76 bits per heavy atom. The minimum Gasteiger partial charge on any atom is -0.382 e. The van der Waals surface area contributed by atoms with Crippen molar-refractivity contribution in [2.45, 2.75) is 26.3 Å². The molecule has 0 saturated carbocycles. The van der Waals surface area contributed by atoms with Crippen LogP contribution in [0.15, 0.2) is 18.2 Å². The lowest BCUT2D eigenvalue weighted by Crippen LogP contribution is -2.29. The van der Waals surface area contributed by atoms with E-state index in [0.717, 1.165) is 6.42 Å².